The fourth-order valence-corrected chi connectivity index (χ4v) is 3.78. The highest BCUT2D eigenvalue weighted by atomic mass is 16.2. The molecule has 1 aliphatic rings. The lowest BCUT2D eigenvalue weighted by molar-refractivity contribution is -0.130. The van der Waals surface area contributed by atoms with Crippen LogP contribution >= 0.6 is 0 Å². The number of imidazole rings is 1. The molecule has 1 aromatic carbocycles. The van der Waals surface area contributed by atoms with Crippen LogP contribution in [0.4, 0.5) is 0 Å². The summed E-state index contributed by atoms with van der Waals surface area (Å²) < 4.78 is 4.01. The molecule has 1 fully saturated rings. The Bertz CT molecular complexity index is 910. The number of para-hydroxylation sites is 1. The first-order valence-corrected chi connectivity index (χ1v) is 8.80. The van der Waals surface area contributed by atoms with Gasteiger partial charge in [0.15, 0.2) is 0 Å². The predicted molar refractivity (Wildman–Crippen MR) is 96.2 cm³/mol. The largest absolute Gasteiger partial charge is 0.342 e. The van der Waals surface area contributed by atoms with Gasteiger partial charge in [0.25, 0.3) is 0 Å². The third-order valence-electron chi connectivity index (χ3n) is 5.03. The first kappa shape index (κ1) is 15.9. The molecule has 0 N–H and O–H groups in total. The van der Waals surface area contributed by atoms with E-state index in [9.17, 15) is 4.79 Å². The van der Waals surface area contributed by atoms with Crippen molar-refractivity contribution in [3.8, 4) is 0 Å². The molecule has 25 heavy (non-hydrogen) atoms. The van der Waals surface area contributed by atoms with Crippen molar-refractivity contribution in [3.05, 3.63) is 48.2 Å². The Labute approximate surface area is 147 Å². The molecule has 6 nitrogen and oxygen atoms in total. The number of carbonyl (C=O) groups is 1. The van der Waals surface area contributed by atoms with Gasteiger partial charge in [-0.3, -0.25) is 9.48 Å². The highest BCUT2D eigenvalue weighted by molar-refractivity contribution is 5.79. The molecule has 3 aromatic rings. The van der Waals surface area contributed by atoms with Gasteiger partial charge in [-0.05, 0) is 19.4 Å². The zero-order valence-electron chi connectivity index (χ0n) is 14.7. The van der Waals surface area contributed by atoms with E-state index < -0.39 is 0 Å². The summed E-state index contributed by atoms with van der Waals surface area (Å²) >= 11 is 0. The highest BCUT2D eigenvalue weighted by Crippen LogP contribution is 2.26. The van der Waals surface area contributed by atoms with Crippen molar-refractivity contribution in [2.24, 2.45) is 7.05 Å². The molecule has 0 spiro atoms. The van der Waals surface area contributed by atoms with Crippen LogP contribution in [-0.4, -0.2) is 43.2 Å². The Morgan fingerprint density at radius 1 is 1.32 bits per heavy atom. The summed E-state index contributed by atoms with van der Waals surface area (Å²) in [6, 6.07) is 8.09. The van der Waals surface area contributed by atoms with Gasteiger partial charge in [0.05, 0.1) is 24.0 Å². The zero-order valence-corrected chi connectivity index (χ0v) is 14.7. The number of amides is 1. The monoisotopic (exact) mass is 337 g/mol. The second-order valence-electron chi connectivity index (χ2n) is 6.85. The molecule has 1 amide bonds. The molecule has 1 atom stereocenters. The molecule has 1 saturated heterocycles. The van der Waals surface area contributed by atoms with Crippen LogP contribution < -0.4 is 0 Å². The van der Waals surface area contributed by atoms with Crippen LogP contribution in [0.2, 0.25) is 0 Å². The van der Waals surface area contributed by atoms with Gasteiger partial charge < -0.3 is 9.47 Å². The first-order chi connectivity index (χ1) is 12.1. The van der Waals surface area contributed by atoms with Crippen LogP contribution in [0.3, 0.4) is 0 Å². The van der Waals surface area contributed by atoms with E-state index in [1.807, 2.05) is 60.2 Å². The van der Waals surface area contributed by atoms with E-state index >= 15 is 0 Å². The Morgan fingerprint density at radius 3 is 2.96 bits per heavy atom. The van der Waals surface area contributed by atoms with Crippen LogP contribution in [0.15, 0.2) is 36.7 Å². The number of aryl methyl sites for hydroxylation is 3. The van der Waals surface area contributed by atoms with Gasteiger partial charge in [-0.15, -0.1) is 0 Å². The summed E-state index contributed by atoms with van der Waals surface area (Å²) in [5.74, 6) is 1.63. The lowest BCUT2D eigenvalue weighted by Crippen LogP contribution is -2.29. The summed E-state index contributed by atoms with van der Waals surface area (Å²) in [6.45, 7) is 4.21. The molecule has 130 valence electrons. The molecule has 3 heterocycles. The van der Waals surface area contributed by atoms with Crippen molar-refractivity contribution in [1.82, 2.24) is 24.2 Å². The highest BCUT2D eigenvalue weighted by Gasteiger charge is 2.29. The van der Waals surface area contributed by atoms with E-state index in [4.69, 9.17) is 0 Å². The fraction of sp³-hybridized carbons (Fsp3) is 0.421. The van der Waals surface area contributed by atoms with E-state index in [0.29, 0.717) is 18.9 Å². The first-order valence-electron chi connectivity index (χ1n) is 8.80. The van der Waals surface area contributed by atoms with Gasteiger partial charge in [0.1, 0.15) is 5.82 Å². The molecular weight excluding hydrogens is 314 g/mol. The van der Waals surface area contributed by atoms with Crippen molar-refractivity contribution in [2.75, 3.05) is 13.1 Å². The SMILES string of the molecule is Cc1cn(C)c(C2CCN(C(=O)CCn3ncc4ccccc43)C2)n1. The number of hydrogen-bond donors (Lipinski definition) is 0. The standard InChI is InChI=1S/C19H23N5O/c1-14-12-22(2)19(21-14)16-7-9-23(13-16)18(25)8-10-24-17-6-4-3-5-15(17)11-20-24/h3-6,11-12,16H,7-10,13H2,1-2H3. The van der Waals surface area contributed by atoms with Gasteiger partial charge in [0, 0.05) is 44.1 Å². The molecule has 0 radical (unpaired) electrons. The molecule has 4 rings (SSSR count). The Kier molecular flexibility index (Phi) is 4.03. The topological polar surface area (TPSA) is 56.0 Å². The molecule has 2 aromatic heterocycles. The summed E-state index contributed by atoms with van der Waals surface area (Å²) in [5, 5.41) is 5.52. The molecule has 1 unspecified atom stereocenters. The van der Waals surface area contributed by atoms with E-state index in [1.165, 1.54) is 0 Å². The van der Waals surface area contributed by atoms with Gasteiger partial charge in [0.2, 0.25) is 5.91 Å². The minimum Gasteiger partial charge on any atom is -0.342 e. The number of fused-ring (bicyclic) bond motifs is 1. The van der Waals surface area contributed by atoms with Gasteiger partial charge in [-0.1, -0.05) is 18.2 Å². The summed E-state index contributed by atoms with van der Waals surface area (Å²) in [5.41, 5.74) is 2.12. The quantitative estimate of drug-likeness (QED) is 0.735. The smallest absolute Gasteiger partial charge is 0.224 e. The molecule has 6 heteroatoms. The van der Waals surface area contributed by atoms with E-state index in [-0.39, 0.29) is 5.91 Å². The van der Waals surface area contributed by atoms with Crippen LogP contribution in [0.1, 0.15) is 30.3 Å². The van der Waals surface area contributed by atoms with E-state index in [2.05, 4.69) is 14.6 Å². The van der Waals surface area contributed by atoms with Gasteiger partial charge in [-0.2, -0.15) is 5.10 Å². The number of nitrogens with zero attached hydrogens (tertiary/aromatic N) is 5. The normalized spacial score (nSPS) is 17.5. The maximum absolute atomic E-state index is 12.6. The van der Waals surface area contributed by atoms with Crippen LogP contribution in [0.25, 0.3) is 10.9 Å². The Hall–Kier alpha value is -2.63. The Morgan fingerprint density at radius 2 is 2.16 bits per heavy atom. The molecule has 0 saturated carbocycles. The summed E-state index contributed by atoms with van der Waals surface area (Å²) in [7, 11) is 2.03. The second-order valence-corrected chi connectivity index (χ2v) is 6.85. The Balaban J connectivity index is 1.38. The van der Waals surface area contributed by atoms with Crippen LogP contribution in [-0.2, 0) is 18.4 Å². The summed E-state index contributed by atoms with van der Waals surface area (Å²) in [6.07, 6.45) is 5.37. The zero-order chi connectivity index (χ0) is 17.4. The minimum absolute atomic E-state index is 0.202. The molecular formula is C19H23N5O. The molecule has 0 bridgehead atoms. The third-order valence-corrected chi connectivity index (χ3v) is 5.03. The number of rotatable bonds is 4. The minimum atomic E-state index is 0.202. The van der Waals surface area contributed by atoms with Gasteiger partial charge >= 0.3 is 0 Å². The number of carbonyl (C=O) groups excluding carboxylic acids is 1. The van der Waals surface area contributed by atoms with Gasteiger partial charge in [-0.25, -0.2) is 4.98 Å². The predicted octanol–water partition coefficient (Wildman–Crippen LogP) is 2.48. The second kappa shape index (κ2) is 6.35. The van der Waals surface area contributed by atoms with Crippen molar-refractivity contribution in [3.63, 3.8) is 0 Å². The fourth-order valence-electron chi connectivity index (χ4n) is 3.78. The summed E-state index contributed by atoms with van der Waals surface area (Å²) in [4.78, 5) is 19.2. The number of likely N-dealkylation sites (tertiary alicyclic amines) is 1. The van der Waals surface area contributed by atoms with E-state index in [1.54, 1.807) is 0 Å². The number of hydrogen-bond acceptors (Lipinski definition) is 3. The van der Waals surface area contributed by atoms with Crippen molar-refractivity contribution >= 4 is 16.8 Å². The van der Waals surface area contributed by atoms with Crippen molar-refractivity contribution in [1.29, 1.82) is 0 Å². The van der Waals surface area contributed by atoms with Crippen molar-refractivity contribution < 1.29 is 4.79 Å². The van der Waals surface area contributed by atoms with E-state index in [0.717, 1.165) is 41.9 Å². The average molecular weight is 337 g/mol. The maximum Gasteiger partial charge on any atom is 0.224 e. The van der Waals surface area contributed by atoms with Crippen molar-refractivity contribution in [2.45, 2.75) is 32.2 Å². The molecule has 0 aliphatic carbocycles. The lowest BCUT2D eigenvalue weighted by Gasteiger charge is -2.16. The maximum atomic E-state index is 12.6. The third kappa shape index (κ3) is 3.04. The average Bonchev–Trinajstić information content (AvgIpc) is 3.31. The number of benzene rings is 1. The molecule has 1 aliphatic heterocycles. The van der Waals surface area contributed by atoms with Crippen LogP contribution in [0.5, 0.6) is 0 Å². The van der Waals surface area contributed by atoms with Crippen LogP contribution in [0, 0.1) is 6.92 Å². The number of aromatic nitrogens is 4. The lowest BCUT2D eigenvalue weighted by atomic mass is 10.1.